The van der Waals surface area contributed by atoms with Crippen molar-refractivity contribution < 1.29 is 20.4 Å². The molecule has 0 aliphatic carbocycles. The fraction of sp³-hybridized carbons (Fsp3) is 0.444. The van der Waals surface area contributed by atoms with Crippen LogP contribution >= 0.6 is 0 Å². The summed E-state index contributed by atoms with van der Waals surface area (Å²) >= 11 is 0. The molecule has 2 aliphatic heterocycles. The molecule has 8 bridgehead atoms. The van der Waals surface area contributed by atoms with E-state index in [4.69, 9.17) is 9.97 Å². The Morgan fingerprint density at radius 2 is 0.976 bits per heavy atom. The molecular formula is C36H46N4Pd. The summed E-state index contributed by atoms with van der Waals surface area (Å²) in [7, 11) is 0. The summed E-state index contributed by atoms with van der Waals surface area (Å²) in [4.78, 5) is 14.4. The summed E-state index contributed by atoms with van der Waals surface area (Å²) in [5.74, 6) is 0. The predicted octanol–water partition coefficient (Wildman–Crippen LogP) is 9.08. The average Bonchev–Trinajstić information content (AvgIpc) is 3.77. The van der Waals surface area contributed by atoms with E-state index in [-0.39, 0.29) is 20.4 Å². The number of fused-ring (bicyclic) bond motifs is 8. The van der Waals surface area contributed by atoms with E-state index in [2.05, 4.69) is 95.3 Å². The molecular weight excluding hydrogens is 595 g/mol. The van der Waals surface area contributed by atoms with Crippen molar-refractivity contribution in [2.75, 3.05) is 0 Å². The molecule has 3 aromatic rings. The largest absolute Gasteiger partial charge is 0.355 e. The standard InChI is InChI=1S/C36H46N4.Pd/c1-9-22-21-33-26(13-5)31-18-17-29(37-31)25(12-4)30-19-20-32(38-30)27(14-6)35-23(10-2)24(11-3)36(40(35)16-8)28(15-7)34(22)39-33;/h17-21,39H,9-16H2,1-8H3;. The Labute approximate surface area is 260 Å². The van der Waals surface area contributed by atoms with Crippen LogP contribution < -0.4 is 0 Å². The topological polar surface area (TPSA) is 46.5 Å². The Balaban J connectivity index is 0.00000387. The fourth-order valence-corrected chi connectivity index (χ4v) is 7.03. The summed E-state index contributed by atoms with van der Waals surface area (Å²) in [5.41, 5.74) is 19.2. The predicted molar refractivity (Wildman–Crippen MR) is 174 cm³/mol. The molecule has 0 saturated carbocycles. The van der Waals surface area contributed by atoms with Crippen molar-refractivity contribution >= 4 is 46.4 Å². The van der Waals surface area contributed by atoms with Gasteiger partial charge < -0.3 is 9.55 Å². The molecule has 0 radical (unpaired) electrons. The van der Waals surface area contributed by atoms with Crippen LogP contribution in [0.4, 0.5) is 0 Å². The number of aromatic nitrogens is 4. The zero-order valence-electron chi connectivity index (χ0n) is 26.2. The van der Waals surface area contributed by atoms with E-state index in [9.17, 15) is 0 Å². The summed E-state index contributed by atoms with van der Waals surface area (Å²) in [6.45, 7) is 19.2. The van der Waals surface area contributed by atoms with Gasteiger partial charge in [-0.1, -0.05) is 48.5 Å². The fourth-order valence-electron chi connectivity index (χ4n) is 7.03. The third-order valence-corrected chi connectivity index (χ3v) is 8.91. The molecule has 2 aliphatic rings. The average molecular weight is 641 g/mol. The Morgan fingerprint density at radius 1 is 0.537 bits per heavy atom. The first-order valence-corrected chi connectivity index (χ1v) is 15.7. The van der Waals surface area contributed by atoms with Crippen LogP contribution in [-0.4, -0.2) is 19.5 Å². The smallest absolute Gasteiger partial charge is 0.0691 e. The van der Waals surface area contributed by atoms with Gasteiger partial charge in [0.1, 0.15) is 0 Å². The molecule has 220 valence electrons. The van der Waals surface area contributed by atoms with E-state index in [1.54, 1.807) is 0 Å². The Morgan fingerprint density at radius 3 is 1.41 bits per heavy atom. The second-order valence-corrected chi connectivity index (χ2v) is 10.8. The molecule has 0 spiro atoms. The summed E-state index contributed by atoms with van der Waals surface area (Å²) < 4.78 is 2.62. The minimum Gasteiger partial charge on any atom is -0.355 e. The van der Waals surface area contributed by atoms with Gasteiger partial charge in [0.2, 0.25) is 0 Å². The summed E-state index contributed by atoms with van der Waals surface area (Å²) in [6, 6.07) is 2.39. The van der Waals surface area contributed by atoms with Crippen LogP contribution in [0, 0.1) is 0 Å². The van der Waals surface area contributed by atoms with Crippen molar-refractivity contribution in [3.63, 3.8) is 0 Å². The molecule has 0 amide bonds. The Kier molecular flexibility index (Phi) is 9.94. The van der Waals surface area contributed by atoms with Gasteiger partial charge in [-0.3, -0.25) is 0 Å². The van der Waals surface area contributed by atoms with Crippen molar-refractivity contribution in [1.29, 1.82) is 0 Å². The number of rotatable bonds is 8. The van der Waals surface area contributed by atoms with Crippen LogP contribution in [0.1, 0.15) is 117 Å². The van der Waals surface area contributed by atoms with Crippen LogP contribution in [0.3, 0.4) is 0 Å². The molecule has 0 fully saturated rings. The number of H-pyrrole nitrogens is 1. The van der Waals surface area contributed by atoms with Crippen molar-refractivity contribution in [3.8, 4) is 0 Å². The summed E-state index contributed by atoms with van der Waals surface area (Å²) in [5, 5.41) is 0. The maximum atomic E-state index is 5.29. The maximum absolute atomic E-state index is 5.29. The van der Waals surface area contributed by atoms with Crippen LogP contribution in [0.15, 0.2) is 6.07 Å². The van der Waals surface area contributed by atoms with E-state index in [0.29, 0.717) is 0 Å². The maximum Gasteiger partial charge on any atom is 0.0691 e. The number of nitrogens with zero attached hydrogens (tertiary/aromatic N) is 3. The second-order valence-electron chi connectivity index (χ2n) is 10.8. The first kappa shape index (κ1) is 31.2. The van der Waals surface area contributed by atoms with Crippen molar-refractivity contribution in [2.45, 2.75) is 107 Å². The van der Waals surface area contributed by atoms with E-state index in [1.807, 2.05) is 0 Å². The molecule has 5 heteroatoms. The van der Waals surface area contributed by atoms with E-state index < -0.39 is 0 Å². The van der Waals surface area contributed by atoms with Crippen LogP contribution in [0.2, 0.25) is 0 Å². The first-order valence-electron chi connectivity index (χ1n) is 15.7. The van der Waals surface area contributed by atoms with Crippen LogP contribution in [0.5, 0.6) is 0 Å². The van der Waals surface area contributed by atoms with Crippen molar-refractivity contribution in [2.24, 2.45) is 0 Å². The minimum atomic E-state index is 0. The van der Waals surface area contributed by atoms with Gasteiger partial charge in [-0.25, -0.2) is 9.97 Å². The number of hydrogen-bond donors (Lipinski definition) is 1. The van der Waals surface area contributed by atoms with Crippen LogP contribution in [-0.2, 0) is 71.9 Å². The molecule has 0 saturated heterocycles. The number of hydrogen-bond acceptors (Lipinski definition) is 2. The third kappa shape index (κ3) is 5.11. The van der Waals surface area contributed by atoms with Crippen molar-refractivity contribution in [1.82, 2.24) is 19.5 Å². The van der Waals surface area contributed by atoms with Gasteiger partial charge in [-0.15, -0.1) is 0 Å². The van der Waals surface area contributed by atoms with Gasteiger partial charge in [0.15, 0.2) is 0 Å². The Hall–Kier alpha value is -2.74. The SMILES string of the molecule is CCc1c2nc(c(CC)c3cc(CC)c([nH]3)c(CC)c3c(CC)c(CC)c(c(CC)c4nc1C=C4)n3CC)C=C2.[Pd]. The van der Waals surface area contributed by atoms with E-state index in [1.165, 1.54) is 61.0 Å². The quantitative estimate of drug-likeness (QED) is 0.172. The zero-order chi connectivity index (χ0) is 28.6. The normalized spacial score (nSPS) is 12.3. The first-order chi connectivity index (χ1) is 19.5. The molecule has 5 heterocycles. The van der Waals surface area contributed by atoms with E-state index >= 15 is 0 Å². The molecule has 0 unspecified atom stereocenters. The van der Waals surface area contributed by atoms with Crippen molar-refractivity contribution in [3.05, 3.63) is 67.8 Å². The number of aromatic amines is 1. The molecule has 5 rings (SSSR count). The second kappa shape index (κ2) is 13.1. The molecule has 41 heavy (non-hydrogen) atoms. The van der Waals surface area contributed by atoms with Gasteiger partial charge in [0.05, 0.1) is 28.3 Å². The molecule has 1 N–H and O–H groups in total. The van der Waals surface area contributed by atoms with Gasteiger partial charge in [-0.05, 0) is 104 Å². The molecule has 4 nitrogen and oxygen atoms in total. The minimum absolute atomic E-state index is 0. The number of nitrogens with one attached hydrogen (secondary N) is 1. The monoisotopic (exact) mass is 640 g/mol. The van der Waals surface area contributed by atoms with Crippen LogP contribution in [0.25, 0.3) is 46.4 Å². The molecule has 0 atom stereocenters. The Bertz CT molecular complexity index is 1680. The van der Waals surface area contributed by atoms with Gasteiger partial charge in [0.25, 0.3) is 0 Å². The number of aryl methyl sites for hydroxylation is 7. The van der Waals surface area contributed by atoms with E-state index in [0.717, 1.165) is 74.3 Å². The van der Waals surface area contributed by atoms with Gasteiger partial charge in [-0.2, -0.15) is 0 Å². The molecule has 3 aromatic heterocycles. The third-order valence-electron chi connectivity index (χ3n) is 8.91. The van der Waals surface area contributed by atoms with Gasteiger partial charge in [0, 0.05) is 60.2 Å². The zero-order valence-corrected chi connectivity index (χ0v) is 27.8. The van der Waals surface area contributed by atoms with Gasteiger partial charge >= 0.3 is 0 Å². The summed E-state index contributed by atoms with van der Waals surface area (Å²) in [6.07, 6.45) is 15.6. The molecule has 0 aromatic carbocycles.